The summed E-state index contributed by atoms with van der Waals surface area (Å²) in [5, 5.41) is 4.52. The highest BCUT2D eigenvalue weighted by molar-refractivity contribution is 8.13. The molecule has 16 heavy (non-hydrogen) atoms. The Balaban J connectivity index is 1.95. The van der Waals surface area contributed by atoms with Gasteiger partial charge in [0.2, 0.25) is 0 Å². The van der Waals surface area contributed by atoms with Gasteiger partial charge in [-0.05, 0) is 32.6 Å². The Morgan fingerprint density at radius 3 is 2.94 bits per heavy atom. The molecule has 1 N–H and O–H groups in total. The molecule has 0 aliphatic carbocycles. The minimum absolute atomic E-state index is 0.354. The average Bonchev–Trinajstić information content (AvgIpc) is 2.25. The maximum Gasteiger partial charge on any atom is 0.156 e. The van der Waals surface area contributed by atoms with Gasteiger partial charge in [0.15, 0.2) is 5.17 Å². The van der Waals surface area contributed by atoms with Crippen LogP contribution in [0.3, 0.4) is 0 Å². The second-order valence-corrected chi connectivity index (χ2v) is 5.62. The van der Waals surface area contributed by atoms with Gasteiger partial charge in [-0.1, -0.05) is 18.7 Å². The van der Waals surface area contributed by atoms with Crippen molar-refractivity contribution in [2.45, 2.75) is 39.7 Å². The number of unbranched alkanes of at least 4 members (excludes halogenated alkanes) is 1. The van der Waals surface area contributed by atoms with Gasteiger partial charge >= 0.3 is 0 Å². The quantitative estimate of drug-likeness (QED) is 0.729. The topological polar surface area (TPSA) is 33.6 Å². The van der Waals surface area contributed by atoms with Crippen LogP contribution in [0.2, 0.25) is 0 Å². The third-order valence-corrected chi connectivity index (χ3v) is 3.63. The second-order valence-electron chi connectivity index (χ2n) is 4.62. The second kappa shape index (κ2) is 7.96. The van der Waals surface area contributed by atoms with Gasteiger partial charge < -0.3 is 10.1 Å². The third kappa shape index (κ3) is 6.38. The fourth-order valence-electron chi connectivity index (χ4n) is 1.41. The fourth-order valence-corrected chi connectivity index (χ4v) is 2.32. The number of hydrogen-bond acceptors (Lipinski definition) is 4. The van der Waals surface area contributed by atoms with Crippen molar-refractivity contribution in [1.29, 1.82) is 0 Å². The largest absolute Gasteiger partial charge is 0.379 e. The first-order valence-electron chi connectivity index (χ1n) is 6.21. The highest BCUT2D eigenvalue weighted by Gasteiger charge is 2.10. The monoisotopic (exact) mass is 244 g/mol. The third-order valence-electron chi connectivity index (χ3n) is 2.35. The Morgan fingerprint density at radius 1 is 1.50 bits per heavy atom. The highest BCUT2D eigenvalue weighted by atomic mass is 32.2. The first kappa shape index (κ1) is 13.8. The van der Waals surface area contributed by atoms with E-state index < -0.39 is 0 Å². The van der Waals surface area contributed by atoms with E-state index in [2.05, 4.69) is 31.1 Å². The van der Waals surface area contributed by atoms with Gasteiger partial charge in [0.25, 0.3) is 0 Å². The van der Waals surface area contributed by atoms with Crippen molar-refractivity contribution in [3.05, 3.63) is 0 Å². The molecule has 1 rings (SSSR count). The smallest absolute Gasteiger partial charge is 0.156 e. The SMILES string of the molecule is CC1CN=C(NCCCCOC(C)C)SC1. The van der Waals surface area contributed by atoms with E-state index in [4.69, 9.17) is 4.74 Å². The molecule has 0 fully saturated rings. The zero-order chi connectivity index (χ0) is 11.8. The lowest BCUT2D eigenvalue weighted by Gasteiger charge is -2.17. The van der Waals surface area contributed by atoms with E-state index in [9.17, 15) is 0 Å². The van der Waals surface area contributed by atoms with E-state index in [0.717, 1.165) is 43.6 Å². The Hall–Kier alpha value is -0.220. The number of thioether (sulfide) groups is 1. The summed E-state index contributed by atoms with van der Waals surface area (Å²) in [6.07, 6.45) is 2.63. The van der Waals surface area contributed by atoms with Crippen LogP contribution in [0.4, 0.5) is 0 Å². The van der Waals surface area contributed by atoms with E-state index in [1.54, 1.807) is 0 Å². The summed E-state index contributed by atoms with van der Waals surface area (Å²) in [5.41, 5.74) is 0. The number of amidine groups is 1. The van der Waals surface area contributed by atoms with Gasteiger partial charge in [-0.3, -0.25) is 4.99 Å². The molecule has 0 saturated heterocycles. The molecule has 1 aliphatic rings. The number of aliphatic imine (C=N–C) groups is 1. The summed E-state index contributed by atoms with van der Waals surface area (Å²) in [7, 11) is 0. The van der Waals surface area contributed by atoms with Crippen molar-refractivity contribution >= 4 is 16.9 Å². The maximum absolute atomic E-state index is 5.48. The minimum Gasteiger partial charge on any atom is -0.379 e. The van der Waals surface area contributed by atoms with Gasteiger partial charge in [0, 0.05) is 25.4 Å². The molecule has 0 aromatic rings. The van der Waals surface area contributed by atoms with Crippen LogP contribution >= 0.6 is 11.8 Å². The molecule has 0 spiro atoms. The van der Waals surface area contributed by atoms with Crippen LogP contribution in [0.25, 0.3) is 0 Å². The molecule has 0 radical (unpaired) electrons. The minimum atomic E-state index is 0.354. The van der Waals surface area contributed by atoms with Crippen molar-refractivity contribution in [2.24, 2.45) is 10.9 Å². The standard InChI is InChI=1S/C12H24N2OS/c1-10(2)15-7-5-4-6-13-12-14-8-11(3)9-16-12/h10-11H,4-9H2,1-3H3,(H,13,14). The first-order chi connectivity index (χ1) is 7.68. The van der Waals surface area contributed by atoms with Crippen LogP contribution in [0, 0.1) is 5.92 Å². The molecule has 1 aliphatic heterocycles. The van der Waals surface area contributed by atoms with Gasteiger partial charge in [-0.15, -0.1) is 0 Å². The van der Waals surface area contributed by atoms with Crippen LogP contribution in [0.15, 0.2) is 4.99 Å². The van der Waals surface area contributed by atoms with Gasteiger partial charge in [-0.25, -0.2) is 0 Å². The molecule has 1 unspecified atom stereocenters. The van der Waals surface area contributed by atoms with E-state index >= 15 is 0 Å². The van der Waals surface area contributed by atoms with Crippen LogP contribution in [-0.4, -0.2) is 36.7 Å². The van der Waals surface area contributed by atoms with Crippen molar-refractivity contribution in [2.75, 3.05) is 25.4 Å². The summed E-state index contributed by atoms with van der Waals surface area (Å²) in [4.78, 5) is 4.49. The first-order valence-corrected chi connectivity index (χ1v) is 7.19. The number of nitrogens with zero attached hydrogens (tertiary/aromatic N) is 1. The number of ether oxygens (including phenoxy) is 1. The number of hydrogen-bond donors (Lipinski definition) is 1. The summed E-state index contributed by atoms with van der Waals surface area (Å²) >= 11 is 1.85. The molecule has 1 atom stereocenters. The molecule has 0 aromatic heterocycles. The lowest BCUT2D eigenvalue weighted by Crippen LogP contribution is -2.27. The van der Waals surface area contributed by atoms with Crippen LogP contribution < -0.4 is 5.32 Å². The molecule has 1 heterocycles. The summed E-state index contributed by atoms with van der Waals surface area (Å²) in [5.74, 6) is 1.93. The number of nitrogens with one attached hydrogen (secondary N) is 1. The molecule has 3 nitrogen and oxygen atoms in total. The van der Waals surface area contributed by atoms with Gasteiger partial charge in [-0.2, -0.15) is 0 Å². The highest BCUT2D eigenvalue weighted by Crippen LogP contribution is 2.15. The van der Waals surface area contributed by atoms with Crippen molar-refractivity contribution in [3.63, 3.8) is 0 Å². The lowest BCUT2D eigenvalue weighted by molar-refractivity contribution is 0.0762. The van der Waals surface area contributed by atoms with Crippen molar-refractivity contribution < 1.29 is 4.74 Å². The van der Waals surface area contributed by atoms with E-state index in [1.807, 2.05) is 11.8 Å². The molecule has 0 aromatic carbocycles. The van der Waals surface area contributed by atoms with Crippen LogP contribution in [-0.2, 0) is 4.74 Å². The zero-order valence-electron chi connectivity index (χ0n) is 10.7. The molecular formula is C12H24N2OS. The van der Waals surface area contributed by atoms with Gasteiger partial charge in [0.1, 0.15) is 0 Å². The summed E-state index contributed by atoms with van der Waals surface area (Å²) in [6.45, 7) is 9.26. The predicted octanol–water partition coefficient (Wildman–Crippen LogP) is 2.52. The van der Waals surface area contributed by atoms with E-state index in [1.165, 1.54) is 5.75 Å². The summed E-state index contributed by atoms with van der Waals surface area (Å²) < 4.78 is 5.48. The van der Waals surface area contributed by atoms with Crippen LogP contribution in [0.5, 0.6) is 0 Å². The molecule has 0 saturated carbocycles. The predicted molar refractivity (Wildman–Crippen MR) is 72.2 cm³/mol. The fraction of sp³-hybridized carbons (Fsp3) is 0.917. The maximum atomic E-state index is 5.48. The Morgan fingerprint density at radius 2 is 2.31 bits per heavy atom. The Kier molecular flexibility index (Phi) is 6.88. The molecule has 0 bridgehead atoms. The lowest BCUT2D eigenvalue weighted by atomic mass is 10.2. The normalized spacial score (nSPS) is 21.0. The van der Waals surface area contributed by atoms with E-state index in [-0.39, 0.29) is 0 Å². The number of rotatable bonds is 6. The summed E-state index contributed by atoms with van der Waals surface area (Å²) in [6, 6.07) is 0. The van der Waals surface area contributed by atoms with Crippen molar-refractivity contribution in [3.8, 4) is 0 Å². The average molecular weight is 244 g/mol. The Bertz CT molecular complexity index is 219. The van der Waals surface area contributed by atoms with Gasteiger partial charge in [0.05, 0.1) is 6.10 Å². The molecule has 94 valence electrons. The molecule has 0 amide bonds. The molecular weight excluding hydrogens is 220 g/mol. The van der Waals surface area contributed by atoms with Crippen molar-refractivity contribution in [1.82, 2.24) is 5.32 Å². The van der Waals surface area contributed by atoms with E-state index in [0.29, 0.717) is 6.10 Å². The zero-order valence-corrected chi connectivity index (χ0v) is 11.5. The Labute approximate surface area is 103 Å². The molecule has 4 heteroatoms. The van der Waals surface area contributed by atoms with Crippen LogP contribution in [0.1, 0.15) is 33.6 Å².